The highest BCUT2D eigenvalue weighted by atomic mass is 31.1. The van der Waals surface area contributed by atoms with Crippen LogP contribution in [0.3, 0.4) is 0 Å². The normalized spacial score (nSPS) is 8.89. The SMILES string of the molecule is c1cccopccc1. The predicted octanol–water partition coefficient (Wildman–Crippen LogP) is 2.98. The summed E-state index contributed by atoms with van der Waals surface area (Å²) in [5.74, 6) is 1.93. The molecule has 1 rings (SSSR count). The van der Waals surface area contributed by atoms with Gasteiger partial charge in [-0.05, 0) is 6.07 Å². The lowest BCUT2D eigenvalue weighted by Crippen LogP contribution is -1.38. The zero-order chi connectivity index (χ0) is 6.36. The van der Waals surface area contributed by atoms with Gasteiger partial charge in [0, 0.05) is 5.80 Å². The van der Waals surface area contributed by atoms with Gasteiger partial charge in [-0.2, -0.15) is 0 Å². The average molecular weight is 138 g/mol. The maximum atomic E-state index is 4.99. The van der Waals surface area contributed by atoms with Crippen molar-refractivity contribution < 1.29 is 4.20 Å². The number of rotatable bonds is 0. The molecule has 0 saturated heterocycles. The first kappa shape index (κ1) is 6.31. The van der Waals surface area contributed by atoms with Crippen LogP contribution < -0.4 is 0 Å². The van der Waals surface area contributed by atoms with Gasteiger partial charge in [0.05, 0.1) is 6.26 Å². The highest BCUT2D eigenvalue weighted by molar-refractivity contribution is 7.21. The Balaban J connectivity index is 3.04. The van der Waals surface area contributed by atoms with E-state index in [2.05, 4.69) is 0 Å². The predicted molar refractivity (Wildman–Crippen MR) is 38.8 cm³/mol. The van der Waals surface area contributed by atoms with Crippen molar-refractivity contribution in [1.29, 1.82) is 0 Å². The fourth-order valence-corrected chi connectivity index (χ4v) is 0.809. The molecular weight excluding hydrogens is 131 g/mol. The Morgan fingerprint density at radius 3 is 2.67 bits per heavy atom. The molecule has 1 aromatic rings. The molecule has 0 unspecified atom stereocenters. The van der Waals surface area contributed by atoms with Crippen molar-refractivity contribution in [3.8, 4) is 0 Å². The third kappa shape index (κ3) is 2.89. The summed E-state index contributed by atoms with van der Waals surface area (Å²) >= 11 is 0. The molecule has 0 aromatic carbocycles. The van der Waals surface area contributed by atoms with E-state index in [0.717, 1.165) is 8.43 Å². The van der Waals surface area contributed by atoms with Crippen LogP contribution in [-0.2, 0) is 0 Å². The van der Waals surface area contributed by atoms with E-state index < -0.39 is 0 Å². The maximum absolute atomic E-state index is 4.99. The standard InChI is InChI=1S/C7H7OP/c1-2-4-6-8-9-7-5-3-1/h1-7H. The Morgan fingerprint density at radius 2 is 1.67 bits per heavy atom. The smallest absolute Gasteiger partial charge is 0.124 e. The highest BCUT2D eigenvalue weighted by Crippen LogP contribution is 1.95. The molecule has 0 fully saturated rings. The monoisotopic (exact) mass is 138 g/mol. The van der Waals surface area contributed by atoms with Crippen LogP contribution in [0, 0.1) is 0 Å². The fourth-order valence-electron chi connectivity index (χ4n) is 0.428. The second-order valence-corrected chi connectivity index (χ2v) is 2.18. The second kappa shape index (κ2) is 4.11. The van der Waals surface area contributed by atoms with Gasteiger partial charge in [0.25, 0.3) is 0 Å². The molecule has 0 bridgehead atoms. The van der Waals surface area contributed by atoms with Gasteiger partial charge in [0.15, 0.2) is 0 Å². The van der Waals surface area contributed by atoms with Gasteiger partial charge in [0.2, 0.25) is 0 Å². The van der Waals surface area contributed by atoms with Crippen LogP contribution in [0.15, 0.2) is 46.6 Å². The van der Waals surface area contributed by atoms with Crippen molar-refractivity contribution in [2.75, 3.05) is 0 Å². The molecule has 1 heterocycles. The van der Waals surface area contributed by atoms with E-state index in [-0.39, 0.29) is 0 Å². The molecule has 0 atom stereocenters. The zero-order valence-corrected chi connectivity index (χ0v) is 5.79. The summed E-state index contributed by atoms with van der Waals surface area (Å²) in [7, 11) is 0.876. The van der Waals surface area contributed by atoms with E-state index in [1.807, 2.05) is 36.1 Å². The Morgan fingerprint density at radius 1 is 0.889 bits per heavy atom. The quantitative estimate of drug-likeness (QED) is 0.537. The molecule has 0 aliphatic rings. The minimum Gasteiger partial charge on any atom is -0.447 e. The molecule has 2 heteroatoms. The van der Waals surface area contributed by atoms with Gasteiger partial charge in [-0.1, -0.05) is 24.3 Å². The van der Waals surface area contributed by atoms with E-state index in [0.29, 0.717) is 0 Å². The molecule has 0 amide bonds. The van der Waals surface area contributed by atoms with Gasteiger partial charge in [0.1, 0.15) is 8.43 Å². The highest BCUT2D eigenvalue weighted by Gasteiger charge is 1.59. The van der Waals surface area contributed by atoms with Gasteiger partial charge >= 0.3 is 0 Å². The third-order valence-electron chi connectivity index (χ3n) is 0.792. The van der Waals surface area contributed by atoms with Crippen LogP contribution in [-0.4, -0.2) is 0 Å². The lowest BCUT2D eigenvalue weighted by atomic mass is 10.5. The minimum absolute atomic E-state index is 0.876. The molecule has 0 aliphatic carbocycles. The van der Waals surface area contributed by atoms with E-state index in [4.69, 9.17) is 4.20 Å². The first-order valence-corrected chi connectivity index (χ1v) is 3.56. The summed E-state index contributed by atoms with van der Waals surface area (Å²) in [6, 6.07) is 9.65. The van der Waals surface area contributed by atoms with E-state index >= 15 is 0 Å². The minimum atomic E-state index is 0.876. The van der Waals surface area contributed by atoms with Crippen LogP contribution in [0.5, 0.6) is 0 Å². The molecule has 0 spiro atoms. The molecule has 1 aromatic heterocycles. The van der Waals surface area contributed by atoms with Crippen LogP contribution in [0.1, 0.15) is 0 Å². The summed E-state index contributed by atoms with van der Waals surface area (Å²) in [6.07, 6.45) is 1.67. The Kier molecular flexibility index (Phi) is 2.88. The Labute approximate surface area is 55.9 Å². The molecule has 0 radical (unpaired) electrons. The molecule has 0 saturated carbocycles. The fraction of sp³-hybridized carbons (Fsp3) is 0. The van der Waals surface area contributed by atoms with Crippen LogP contribution in [0.2, 0.25) is 0 Å². The van der Waals surface area contributed by atoms with Crippen molar-refractivity contribution in [1.82, 2.24) is 0 Å². The first-order valence-electron chi connectivity index (χ1n) is 2.68. The zero-order valence-electron chi connectivity index (χ0n) is 4.90. The maximum Gasteiger partial charge on any atom is 0.124 e. The molecule has 0 aliphatic heterocycles. The topological polar surface area (TPSA) is 13.1 Å². The van der Waals surface area contributed by atoms with E-state index in [1.54, 1.807) is 6.26 Å². The van der Waals surface area contributed by atoms with Crippen molar-refractivity contribution in [3.05, 3.63) is 42.4 Å². The molecule has 0 N–H and O–H groups in total. The van der Waals surface area contributed by atoms with Gasteiger partial charge in [-0.25, -0.2) is 0 Å². The van der Waals surface area contributed by atoms with Crippen molar-refractivity contribution in [3.63, 3.8) is 0 Å². The summed E-state index contributed by atoms with van der Waals surface area (Å²) in [5.41, 5.74) is 0. The molecule has 46 valence electrons. The van der Waals surface area contributed by atoms with Gasteiger partial charge in [-0.3, -0.25) is 0 Å². The third-order valence-corrected chi connectivity index (χ3v) is 1.33. The summed E-state index contributed by atoms with van der Waals surface area (Å²) in [4.78, 5) is 0. The summed E-state index contributed by atoms with van der Waals surface area (Å²) < 4.78 is 4.99. The summed E-state index contributed by atoms with van der Waals surface area (Å²) in [5, 5.41) is 0. The Hall–Kier alpha value is -0.810. The van der Waals surface area contributed by atoms with Crippen molar-refractivity contribution in [2.24, 2.45) is 0 Å². The number of hydrogen-bond donors (Lipinski definition) is 0. The molecule has 9 heavy (non-hydrogen) atoms. The van der Waals surface area contributed by atoms with Crippen molar-refractivity contribution >= 4 is 8.43 Å². The Bertz CT molecular complexity index is 131. The first-order chi connectivity index (χ1) is 4.50. The molecular formula is C7H7OP. The largest absolute Gasteiger partial charge is 0.447 e. The second-order valence-electron chi connectivity index (χ2n) is 1.46. The van der Waals surface area contributed by atoms with Gasteiger partial charge < -0.3 is 4.20 Å². The van der Waals surface area contributed by atoms with E-state index in [9.17, 15) is 0 Å². The molecule has 1 nitrogen and oxygen atoms in total. The number of hydrogen-bond acceptors (Lipinski definition) is 1. The average Bonchev–Trinajstić information content (AvgIpc) is 2.00. The lowest BCUT2D eigenvalue weighted by Gasteiger charge is -1.63. The lowest BCUT2D eigenvalue weighted by molar-refractivity contribution is 0.688. The summed E-state index contributed by atoms with van der Waals surface area (Å²) in [6.45, 7) is 0. The van der Waals surface area contributed by atoms with Crippen molar-refractivity contribution in [2.45, 2.75) is 0 Å². The van der Waals surface area contributed by atoms with Gasteiger partial charge in [-0.15, -0.1) is 0 Å². The van der Waals surface area contributed by atoms with Crippen LogP contribution in [0.25, 0.3) is 0 Å². The van der Waals surface area contributed by atoms with Crippen LogP contribution >= 0.6 is 8.43 Å². The van der Waals surface area contributed by atoms with Crippen LogP contribution in [0.4, 0.5) is 0 Å². The van der Waals surface area contributed by atoms with E-state index in [1.165, 1.54) is 0 Å².